The van der Waals surface area contributed by atoms with Crippen molar-refractivity contribution < 1.29 is 9.84 Å². The predicted octanol–water partition coefficient (Wildman–Crippen LogP) is 2.27. The summed E-state index contributed by atoms with van der Waals surface area (Å²) in [6.45, 7) is 5.35. The van der Waals surface area contributed by atoms with Crippen molar-refractivity contribution in [3.8, 4) is 5.75 Å². The van der Waals surface area contributed by atoms with Gasteiger partial charge in [0.15, 0.2) is 0 Å². The Morgan fingerprint density at radius 1 is 1.15 bits per heavy atom. The van der Waals surface area contributed by atoms with E-state index in [4.69, 9.17) is 4.74 Å². The van der Waals surface area contributed by atoms with E-state index < -0.39 is 6.10 Å². The average Bonchev–Trinajstić information content (AvgIpc) is 2.91. The molecule has 3 aromatic rings. The number of aliphatic hydroxyl groups is 1. The molecular weight excluding hydrogens is 342 g/mol. The topological polar surface area (TPSA) is 68.4 Å². The van der Waals surface area contributed by atoms with Gasteiger partial charge in [0, 0.05) is 27.2 Å². The van der Waals surface area contributed by atoms with E-state index in [1.807, 2.05) is 48.5 Å². The molecule has 1 heterocycles. The summed E-state index contributed by atoms with van der Waals surface area (Å²) >= 11 is 0. The van der Waals surface area contributed by atoms with Crippen molar-refractivity contribution in [3.63, 3.8) is 0 Å². The number of hydrogen-bond donors (Lipinski definition) is 2. The molecule has 0 fully saturated rings. The molecule has 0 amide bonds. The van der Waals surface area contributed by atoms with Crippen LogP contribution in [0.15, 0.2) is 59.9 Å². The summed E-state index contributed by atoms with van der Waals surface area (Å²) in [6, 6.07) is 13.3. The molecule has 1 aromatic heterocycles. The Morgan fingerprint density at radius 3 is 2.56 bits per heavy atom. The summed E-state index contributed by atoms with van der Waals surface area (Å²) in [5.41, 5.74) is 3.40. The third-order valence-corrected chi connectivity index (χ3v) is 4.63. The lowest BCUT2D eigenvalue weighted by molar-refractivity contribution is 0.108. The molecule has 6 nitrogen and oxygen atoms in total. The molecule has 2 N–H and O–H groups in total. The van der Waals surface area contributed by atoms with E-state index in [9.17, 15) is 9.90 Å². The highest BCUT2D eigenvalue weighted by molar-refractivity contribution is 5.76. The van der Waals surface area contributed by atoms with Crippen molar-refractivity contribution in [3.05, 3.63) is 76.7 Å². The largest absolute Gasteiger partial charge is 0.491 e. The Balaban J connectivity index is 1.64. The molecule has 0 aliphatic carbocycles. The number of imidazole rings is 1. The summed E-state index contributed by atoms with van der Waals surface area (Å²) in [5.74, 6) is 0.703. The lowest BCUT2D eigenvalue weighted by Gasteiger charge is -2.13. The highest BCUT2D eigenvalue weighted by Crippen LogP contribution is 2.21. The summed E-state index contributed by atoms with van der Waals surface area (Å²) < 4.78 is 8.88. The fourth-order valence-electron chi connectivity index (χ4n) is 3.02. The van der Waals surface area contributed by atoms with Crippen molar-refractivity contribution in [2.45, 2.75) is 12.6 Å². The maximum absolute atomic E-state index is 12.0. The van der Waals surface area contributed by atoms with Crippen molar-refractivity contribution >= 4 is 11.0 Å². The summed E-state index contributed by atoms with van der Waals surface area (Å²) in [7, 11) is 3.46. The van der Waals surface area contributed by atoms with Gasteiger partial charge in [-0.3, -0.25) is 9.13 Å². The van der Waals surface area contributed by atoms with Crippen LogP contribution in [0, 0.1) is 0 Å². The molecule has 0 radical (unpaired) electrons. The molecule has 0 aliphatic rings. The minimum atomic E-state index is -0.779. The van der Waals surface area contributed by atoms with Crippen LogP contribution < -0.4 is 15.7 Å². The number of benzene rings is 2. The first-order valence-electron chi connectivity index (χ1n) is 8.88. The summed E-state index contributed by atoms with van der Waals surface area (Å²) in [5, 5.41) is 13.7. The molecular formula is C21H25N3O3. The highest BCUT2D eigenvalue weighted by Gasteiger charge is 2.13. The van der Waals surface area contributed by atoms with Crippen molar-refractivity contribution in [1.82, 2.24) is 14.5 Å². The zero-order chi connectivity index (χ0) is 19.4. The van der Waals surface area contributed by atoms with E-state index >= 15 is 0 Å². The molecule has 3 rings (SSSR count). The first kappa shape index (κ1) is 18.9. The number of ether oxygens (including phenoxy) is 1. The van der Waals surface area contributed by atoms with Gasteiger partial charge in [0.2, 0.25) is 0 Å². The Hall–Kier alpha value is -2.83. The van der Waals surface area contributed by atoms with Crippen LogP contribution in [0.25, 0.3) is 11.0 Å². The van der Waals surface area contributed by atoms with Gasteiger partial charge in [0.05, 0.1) is 11.0 Å². The maximum Gasteiger partial charge on any atom is 0.328 e. The Labute approximate surface area is 158 Å². The fraction of sp³-hybridized carbons (Fsp3) is 0.286. The number of fused-ring (bicyclic) bond motifs is 1. The summed E-state index contributed by atoms with van der Waals surface area (Å²) in [6.07, 6.45) is 1.04. The van der Waals surface area contributed by atoms with E-state index in [0.29, 0.717) is 11.3 Å². The molecule has 1 atom stereocenters. The number of nitrogens with one attached hydrogen (secondary N) is 1. The van der Waals surface area contributed by atoms with Gasteiger partial charge in [-0.05, 0) is 35.4 Å². The molecule has 0 spiro atoms. The number of rotatable bonds is 8. The molecule has 1 unspecified atom stereocenters. The number of aromatic nitrogens is 2. The van der Waals surface area contributed by atoms with E-state index in [1.54, 1.807) is 23.2 Å². The van der Waals surface area contributed by atoms with Gasteiger partial charge in [-0.1, -0.05) is 24.3 Å². The second kappa shape index (κ2) is 8.24. The zero-order valence-corrected chi connectivity index (χ0v) is 15.7. The molecule has 0 aliphatic heterocycles. The fourth-order valence-corrected chi connectivity index (χ4v) is 3.02. The van der Waals surface area contributed by atoms with Crippen LogP contribution in [0.3, 0.4) is 0 Å². The third-order valence-electron chi connectivity index (χ3n) is 4.63. The van der Waals surface area contributed by atoms with Crippen LogP contribution in [-0.2, 0) is 20.6 Å². The standard InChI is InChI=1S/C21H25N3O3/c1-4-11-22-13-15-5-8-17(9-6-15)27-14-20(25)16-7-10-18-19(12-16)24(3)21(26)23(18)2/h4-10,12,20,22,25H,1,11,13-14H2,2-3H3. The van der Waals surface area contributed by atoms with Gasteiger partial charge in [0.25, 0.3) is 0 Å². The number of nitrogens with zero attached hydrogens (tertiary/aromatic N) is 2. The Morgan fingerprint density at radius 2 is 1.85 bits per heavy atom. The summed E-state index contributed by atoms with van der Waals surface area (Å²) in [4.78, 5) is 12.0. The molecule has 6 heteroatoms. The lowest BCUT2D eigenvalue weighted by atomic mass is 10.1. The molecule has 2 aromatic carbocycles. The van der Waals surface area contributed by atoms with Crippen molar-refractivity contribution in [1.29, 1.82) is 0 Å². The van der Waals surface area contributed by atoms with Gasteiger partial charge in [-0.15, -0.1) is 6.58 Å². The second-order valence-electron chi connectivity index (χ2n) is 6.54. The van der Waals surface area contributed by atoms with Crippen LogP contribution >= 0.6 is 0 Å². The van der Waals surface area contributed by atoms with E-state index in [-0.39, 0.29) is 12.3 Å². The Bertz CT molecular complexity index is 986. The zero-order valence-electron chi connectivity index (χ0n) is 15.7. The van der Waals surface area contributed by atoms with Gasteiger partial charge < -0.3 is 15.2 Å². The number of aliphatic hydroxyl groups excluding tert-OH is 1. The van der Waals surface area contributed by atoms with Crippen molar-refractivity contribution in [2.24, 2.45) is 14.1 Å². The van der Waals surface area contributed by atoms with E-state index in [2.05, 4.69) is 11.9 Å². The van der Waals surface area contributed by atoms with Crippen LogP contribution in [0.5, 0.6) is 5.75 Å². The second-order valence-corrected chi connectivity index (χ2v) is 6.54. The van der Waals surface area contributed by atoms with Crippen LogP contribution in [-0.4, -0.2) is 27.4 Å². The third kappa shape index (κ3) is 4.13. The monoisotopic (exact) mass is 367 g/mol. The van der Waals surface area contributed by atoms with Crippen LogP contribution in [0.1, 0.15) is 17.2 Å². The van der Waals surface area contributed by atoms with Crippen LogP contribution in [0.2, 0.25) is 0 Å². The predicted molar refractivity (Wildman–Crippen MR) is 107 cm³/mol. The van der Waals surface area contributed by atoms with E-state index in [1.165, 1.54) is 0 Å². The molecule has 142 valence electrons. The quantitative estimate of drug-likeness (QED) is 0.473. The first-order valence-corrected chi connectivity index (χ1v) is 8.88. The normalized spacial score (nSPS) is 12.3. The molecule has 27 heavy (non-hydrogen) atoms. The smallest absolute Gasteiger partial charge is 0.328 e. The minimum absolute atomic E-state index is 0.0874. The number of aryl methyl sites for hydroxylation is 2. The van der Waals surface area contributed by atoms with Gasteiger partial charge in [-0.25, -0.2) is 4.79 Å². The average molecular weight is 367 g/mol. The minimum Gasteiger partial charge on any atom is -0.491 e. The van der Waals surface area contributed by atoms with Gasteiger partial charge in [0.1, 0.15) is 18.5 Å². The lowest BCUT2D eigenvalue weighted by Crippen LogP contribution is -2.19. The highest BCUT2D eigenvalue weighted by atomic mass is 16.5. The molecule has 0 bridgehead atoms. The number of hydrogen-bond acceptors (Lipinski definition) is 4. The molecule has 0 saturated heterocycles. The molecule has 0 saturated carbocycles. The van der Waals surface area contributed by atoms with Crippen LogP contribution in [0.4, 0.5) is 0 Å². The van der Waals surface area contributed by atoms with Crippen molar-refractivity contribution in [2.75, 3.05) is 13.2 Å². The maximum atomic E-state index is 12.0. The SMILES string of the molecule is C=CCNCc1ccc(OCC(O)c2ccc3c(c2)n(C)c(=O)n3C)cc1. The first-order chi connectivity index (χ1) is 13.0. The Kier molecular flexibility index (Phi) is 5.78. The van der Waals surface area contributed by atoms with Gasteiger partial charge in [-0.2, -0.15) is 0 Å². The van der Waals surface area contributed by atoms with Gasteiger partial charge >= 0.3 is 5.69 Å². The van der Waals surface area contributed by atoms with E-state index in [0.717, 1.165) is 29.7 Å².